The van der Waals surface area contributed by atoms with Crippen molar-refractivity contribution in [2.45, 2.75) is 20.4 Å². The molecule has 0 bridgehead atoms. The molecule has 0 unspecified atom stereocenters. The molecule has 5 heteroatoms. The zero-order valence-corrected chi connectivity index (χ0v) is 13.8. The molecule has 0 atom stereocenters. The van der Waals surface area contributed by atoms with Gasteiger partial charge >= 0.3 is 5.97 Å². The molecule has 0 N–H and O–H groups in total. The number of pyridine rings is 1. The van der Waals surface area contributed by atoms with E-state index in [9.17, 15) is 9.59 Å². The number of carbonyl (C=O) groups is 2. The zero-order valence-electron chi connectivity index (χ0n) is 13.8. The van der Waals surface area contributed by atoms with E-state index in [2.05, 4.69) is 4.98 Å². The normalized spacial score (nSPS) is 10.6. The maximum Gasteiger partial charge on any atom is 0.330 e. The first-order chi connectivity index (χ1) is 11.6. The Labute approximate surface area is 141 Å². The van der Waals surface area contributed by atoms with E-state index in [0.29, 0.717) is 13.2 Å². The predicted octanol–water partition coefficient (Wildman–Crippen LogP) is 3.21. The average molecular weight is 324 g/mol. The number of hydrogen-bond acceptors (Lipinski definition) is 4. The summed E-state index contributed by atoms with van der Waals surface area (Å²) in [4.78, 5) is 29.0. The van der Waals surface area contributed by atoms with Crippen LogP contribution in [0.25, 0.3) is 6.08 Å². The van der Waals surface area contributed by atoms with E-state index in [1.54, 1.807) is 30.3 Å². The van der Waals surface area contributed by atoms with Gasteiger partial charge in [-0.15, -0.1) is 0 Å². The fraction of sp³-hybridized carbons (Fsp3) is 0.211. The van der Waals surface area contributed by atoms with Gasteiger partial charge in [0.25, 0.3) is 0 Å². The maximum atomic E-state index is 12.0. The molecule has 1 heterocycles. The molecule has 5 nitrogen and oxygen atoms in total. The number of rotatable bonds is 6. The van der Waals surface area contributed by atoms with Crippen molar-refractivity contribution >= 4 is 23.6 Å². The Hall–Kier alpha value is -2.95. The lowest BCUT2D eigenvalue weighted by Gasteiger charge is -2.21. The lowest BCUT2D eigenvalue weighted by atomic mass is 10.1. The van der Waals surface area contributed by atoms with Crippen LogP contribution in [0.4, 0.5) is 5.69 Å². The van der Waals surface area contributed by atoms with Gasteiger partial charge in [0, 0.05) is 31.1 Å². The Morgan fingerprint density at radius 1 is 1.21 bits per heavy atom. The summed E-state index contributed by atoms with van der Waals surface area (Å²) < 4.78 is 4.84. The number of aromatic nitrogens is 1. The van der Waals surface area contributed by atoms with E-state index >= 15 is 0 Å². The monoisotopic (exact) mass is 324 g/mol. The third-order valence-electron chi connectivity index (χ3n) is 3.35. The van der Waals surface area contributed by atoms with Crippen LogP contribution in [-0.4, -0.2) is 23.5 Å². The highest BCUT2D eigenvalue weighted by Gasteiger charge is 2.12. The largest absolute Gasteiger partial charge is 0.463 e. The van der Waals surface area contributed by atoms with Gasteiger partial charge in [-0.2, -0.15) is 0 Å². The SMILES string of the molecule is CCOC(=O)C=Cc1ccc(N(Cc2cccnc2)C(C)=O)cc1. The van der Waals surface area contributed by atoms with Crippen LogP contribution < -0.4 is 4.90 Å². The number of carbonyl (C=O) groups excluding carboxylic acids is 2. The molecule has 0 aliphatic heterocycles. The number of ether oxygens (including phenoxy) is 1. The zero-order chi connectivity index (χ0) is 17.4. The Bertz CT molecular complexity index is 709. The highest BCUT2D eigenvalue weighted by molar-refractivity contribution is 5.91. The van der Waals surface area contributed by atoms with Crippen LogP contribution in [0.1, 0.15) is 25.0 Å². The number of hydrogen-bond donors (Lipinski definition) is 0. The van der Waals surface area contributed by atoms with Crippen molar-refractivity contribution in [3.05, 3.63) is 66.0 Å². The van der Waals surface area contributed by atoms with Crippen molar-refractivity contribution in [3.8, 4) is 0 Å². The van der Waals surface area contributed by atoms with Crippen molar-refractivity contribution < 1.29 is 14.3 Å². The molecule has 0 spiro atoms. The molecule has 2 aromatic rings. The van der Waals surface area contributed by atoms with Gasteiger partial charge in [-0.05, 0) is 42.3 Å². The van der Waals surface area contributed by atoms with E-state index in [4.69, 9.17) is 4.74 Å². The van der Waals surface area contributed by atoms with E-state index < -0.39 is 0 Å². The second kappa shape index (κ2) is 8.62. The predicted molar refractivity (Wildman–Crippen MR) is 93.2 cm³/mol. The Kier molecular flexibility index (Phi) is 6.25. The summed E-state index contributed by atoms with van der Waals surface area (Å²) in [5.41, 5.74) is 2.61. The minimum Gasteiger partial charge on any atom is -0.463 e. The Morgan fingerprint density at radius 3 is 2.54 bits per heavy atom. The number of nitrogens with zero attached hydrogens (tertiary/aromatic N) is 2. The van der Waals surface area contributed by atoms with E-state index in [0.717, 1.165) is 16.8 Å². The molecule has 2 rings (SSSR count). The highest BCUT2D eigenvalue weighted by atomic mass is 16.5. The Balaban J connectivity index is 2.11. The first-order valence-electron chi connectivity index (χ1n) is 7.72. The van der Waals surface area contributed by atoms with Gasteiger partial charge in [-0.3, -0.25) is 9.78 Å². The summed E-state index contributed by atoms with van der Waals surface area (Å²) in [6.07, 6.45) is 6.51. The smallest absolute Gasteiger partial charge is 0.330 e. The molecule has 1 amide bonds. The van der Waals surface area contributed by atoms with Gasteiger partial charge in [-0.25, -0.2) is 4.79 Å². The summed E-state index contributed by atoms with van der Waals surface area (Å²) in [7, 11) is 0. The first-order valence-corrected chi connectivity index (χ1v) is 7.72. The molecule has 24 heavy (non-hydrogen) atoms. The fourth-order valence-corrected chi connectivity index (χ4v) is 2.18. The van der Waals surface area contributed by atoms with Gasteiger partial charge in [-0.1, -0.05) is 18.2 Å². The van der Waals surface area contributed by atoms with Crippen molar-refractivity contribution in [1.82, 2.24) is 4.98 Å². The van der Waals surface area contributed by atoms with Crippen LogP contribution >= 0.6 is 0 Å². The summed E-state index contributed by atoms with van der Waals surface area (Å²) in [6.45, 7) is 4.11. The standard InChI is InChI=1S/C19H20N2O3/c1-3-24-19(23)11-8-16-6-9-18(10-7-16)21(15(2)22)14-17-5-4-12-20-13-17/h4-13H,3,14H2,1-2H3. The average Bonchev–Trinajstić information content (AvgIpc) is 2.59. The van der Waals surface area contributed by atoms with Crippen molar-refractivity contribution in [2.75, 3.05) is 11.5 Å². The summed E-state index contributed by atoms with van der Waals surface area (Å²) in [5.74, 6) is -0.419. The molecule has 124 valence electrons. The van der Waals surface area contributed by atoms with E-state index in [1.165, 1.54) is 13.0 Å². The van der Waals surface area contributed by atoms with Gasteiger partial charge in [0.2, 0.25) is 5.91 Å². The minimum atomic E-state index is -0.372. The molecule has 0 radical (unpaired) electrons. The highest BCUT2D eigenvalue weighted by Crippen LogP contribution is 2.19. The van der Waals surface area contributed by atoms with Crippen LogP contribution in [0.3, 0.4) is 0 Å². The van der Waals surface area contributed by atoms with Crippen LogP contribution in [-0.2, 0) is 20.9 Å². The second-order valence-electron chi connectivity index (χ2n) is 5.14. The van der Waals surface area contributed by atoms with Gasteiger partial charge in [0.05, 0.1) is 13.2 Å². The molecule has 0 aliphatic rings. The maximum absolute atomic E-state index is 12.0. The summed E-state index contributed by atoms with van der Waals surface area (Å²) in [6, 6.07) is 11.2. The van der Waals surface area contributed by atoms with Crippen LogP contribution in [0.15, 0.2) is 54.9 Å². The van der Waals surface area contributed by atoms with Gasteiger partial charge in [0.15, 0.2) is 0 Å². The number of benzene rings is 1. The van der Waals surface area contributed by atoms with Crippen molar-refractivity contribution in [2.24, 2.45) is 0 Å². The molecule has 0 fully saturated rings. The Morgan fingerprint density at radius 2 is 1.96 bits per heavy atom. The molecule has 0 aliphatic carbocycles. The number of esters is 1. The second-order valence-corrected chi connectivity index (χ2v) is 5.14. The van der Waals surface area contributed by atoms with E-state index in [1.807, 2.05) is 36.4 Å². The quantitative estimate of drug-likeness (QED) is 0.605. The van der Waals surface area contributed by atoms with Crippen LogP contribution in [0.2, 0.25) is 0 Å². The van der Waals surface area contributed by atoms with Crippen LogP contribution in [0.5, 0.6) is 0 Å². The topological polar surface area (TPSA) is 59.5 Å². The molecule has 0 saturated carbocycles. The summed E-state index contributed by atoms with van der Waals surface area (Å²) >= 11 is 0. The molecule has 1 aromatic heterocycles. The third kappa shape index (κ3) is 5.05. The first kappa shape index (κ1) is 17.4. The molecular formula is C19H20N2O3. The lowest BCUT2D eigenvalue weighted by molar-refractivity contribution is -0.137. The minimum absolute atomic E-state index is 0.0475. The number of anilines is 1. The van der Waals surface area contributed by atoms with Crippen molar-refractivity contribution in [1.29, 1.82) is 0 Å². The lowest BCUT2D eigenvalue weighted by Crippen LogP contribution is -2.27. The molecule has 0 saturated heterocycles. The fourth-order valence-electron chi connectivity index (χ4n) is 2.18. The van der Waals surface area contributed by atoms with Gasteiger partial charge < -0.3 is 9.64 Å². The summed E-state index contributed by atoms with van der Waals surface area (Å²) in [5, 5.41) is 0. The van der Waals surface area contributed by atoms with Crippen LogP contribution in [0, 0.1) is 0 Å². The number of amides is 1. The molecular weight excluding hydrogens is 304 g/mol. The van der Waals surface area contributed by atoms with E-state index in [-0.39, 0.29) is 11.9 Å². The molecule has 1 aromatic carbocycles. The van der Waals surface area contributed by atoms with Gasteiger partial charge in [0.1, 0.15) is 0 Å². The third-order valence-corrected chi connectivity index (χ3v) is 3.35. The van der Waals surface area contributed by atoms with Crippen molar-refractivity contribution in [3.63, 3.8) is 0 Å².